The lowest BCUT2D eigenvalue weighted by atomic mass is 9.93. The van der Waals surface area contributed by atoms with Crippen LogP contribution in [0.25, 0.3) is 0 Å². The van der Waals surface area contributed by atoms with Crippen LogP contribution in [0.4, 0.5) is 5.82 Å². The van der Waals surface area contributed by atoms with Crippen molar-refractivity contribution in [2.45, 2.75) is 37.8 Å². The Balaban J connectivity index is 1.89. The minimum atomic E-state index is -0.0993. The number of aliphatic hydroxyl groups is 1. The second kappa shape index (κ2) is 3.96. The number of aromatic nitrogens is 3. The van der Waals surface area contributed by atoms with Gasteiger partial charge < -0.3 is 10.4 Å². The minimum Gasteiger partial charge on any atom is -0.393 e. The lowest BCUT2D eigenvalue weighted by Crippen LogP contribution is -2.28. The average molecular weight is 196 g/mol. The van der Waals surface area contributed by atoms with E-state index in [0.29, 0.717) is 6.04 Å². The van der Waals surface area contributed by atoms with Gasteiger partial charge in [0.05, 0.1) is 12.3 Å². The molecule has 0 aromatic carbocycles. The van der Waals surface area contributed by atoms with E-state index in [1.54, 1.807) is 10.9 Å². The molecule has 2 rings (SSSR count). The molecule has 1 aliphatic carbocycles. The van der Waals surface area contributed by atoms with Gasteiger partial charge in [0.15, 0.2) is 0 Å². The molecule has 5 heteroatoms. The predicted octanol–water partition coefficient (Wildman–Crippen LogP) is 0.530. The van der Waals surface area contributed by atoms with Gasteiger partial charge >= 0.3 is 0 Å². The molecule has 0 aliphatic heterocycles. The predicted molar refractivity (Wildman–Crippen MR) is 52.9 cm³/mol. The first-order valence-corrected chi connectivity index (χ1v) is 5.05. The van der Waals surface area contributed by atoms with Crippen molar-refractivity contribution in [1.29, 1.82) is 0 Å². The summed E-state index contributed by atoms with van der Waals surface area (Å²) in [6, 6.07) is 0.454. The highest BCUT2D eigenvalue weighted by Crippen LogP contribution is 2.21. The van der Waals surface area contributed by atoms with E-state index in [-0.39, 0.29) is 6.10 Å². The summed E-state index contributed by atoms with van der Waals surface area (Å²) < 4.78 is 1.73. The third-order valence-corrected chi connectivity index (χ3v) is 2.76. The monoisotopic (exact) mass is 196 g/mol. The molecule has 0 amide bonds. The molecule has 0 spiro atoms. The summed E-state index contributed by atoms with van der Waals surface area (Å²) in [5.41, 5.74) is 0. The van der Waals surface area contributed by atoms with Gasteiger partial charge in [-0.1, -0.05) is 5.21 Å². The Bertz CT molecular complexity index is 291. The van der Waals surface area contributed by atoms with Crippen LogP contribution in [0.2, 0.25) is 0 Å². The molecule has 5 nitrogen and oxygen atoms in total. The van der Waals surface area contributed by atoms with Crippen LogP contribution >= 0.6 is 0 Å². The van der Waals surface area contributed by atoms with E-state index in [1.807, 2.05) is 7.05 Å². The molecule has 1 aliphatic rings. The molecule has 0 atom stereocenters. The highest BCUT2D eigenvalue weighted by Gasteiger charge is 2.19. The van der Waals surface area contributed by atoms with E-state index in [0.717, 1.165) is 31.5 Å². The van der Waals surface area contributed by atoms with Crippen LogP contribution in [-0.4, -0.2) is 32.2 Å². The zero-order valence-corrected chi connectivity index (χ0v) is 8.35. The average Bonchev–Trinajstić information content (AvgIpc) is 2.56. The normalized spacial score (nSPS) is 27.6. The Labute approximate surface area is 83.1 Å². The molecule has 2 N–H and O–H groups in total. The van der Waals surface area contributed by atoms with Crippen LogP contribution < -0.4 is 5.32 Å². The number of anilines is 1. The summed E-state index contributed by atoms with van der Waals surface area (Å²) in [7, 11) is 1.87. The largest absolute Gasteiger partial charge is 0.393 e. The molecular formula is C9H16N4O. The smallest absolute Gasteiger partial charge is 0.144 e. The van der Waals surface area contributed by atoms with E-state index in [4.69, 9.17) is 0 Å². The van der Waals surface area contributed by atoms with E-state index < -0.39 is 0 Å². The number of hydrogen-bond donors (Lipinski definition) is 2. The van der Waals surface area contributed by atoms with Crippen LogP contribution in [0.3, 0.4) is 0 Å². The van der Waals surface area contributed by atoms with Crippen LogP contribution in [0.1, 0.15) is 25.7 Å². The molecule has 1 aromatic heterocycles. The van der Waals surface area contributed by atoms with Crippen LogP contribution in [0.5, 0.6) is 0 Å². The van der Waals surface area contributed by atoms with Crippen LogP contribution in [-0.2, 0) is 7.05 Å². The highest BCUT2D eigenvalue weighted by molar-refractivity contribution is 5.32. The first-order valence-electron chi connectivity index (χ1n) is 5.05. The van der Waals surface area contributed by atoms with Gasteiger partial charge in [0.2, 0.25) is 0 Å². The van der Waals surface area contributed by atoms with Crippen molar-refractivity contribution in [3.63, 3.8) is 0 Å². The molecule has 1 heterocycles. The Morgan fingerprint density at radius 3 is 2.71 bits per heavy atom. The van der Waals surface area contributed by atoms with Crippen LogP contribution in [0, 0.1) is 0 Å². The Morgan fingerprint density at radius 1 is 1.43 bits per heavy atom. The summed E-state index contributed by atoms with van der Waals surface area (Å²) in [4.78, 5) is 0. The fourth-order valence-corrected chi connectivity index (χ4v) is 1.85. The quantitative estimate of drug-likeness (QED) is 0.724. The molecule has 0 radical (unpaired) electrons. The van der Waals surface area contributed by atoms with Crippen LogP contribution in [0.15, 0.2) is 6.20 Å². The van der Waals surface area contributed by atoms with Gasteiger partial charge in [-0.15, -0.1) is 5.10 Å². The van der Waals surface area contributed by atoms with E-state index in [1.165, 1.54) is 0 Å². The second-order valence-corrected chi connectivity index (χ2v) is 3.89. The number of nitrogens with one attached hydrogen (secondary N) is 1. The zero-order valence-electron chi connectivity index (χ0n) is 8.35. The fraction of sp³-hybridized carbons (Fsp3) is 0.778. The first kappa shape index (κ1) is 9.45. The summed E-state index contributed by atoms with van der Waals surface area (Å²) in [5, 5.41) is 20.4. The van der Waals surface area contributed by atoms with Crippen molar-refractivity contribution in [2.24, 2.45) is 7.05 Å². The van der Waals surface area contributed by atoms with Crippen molar-refractivity contribution in [3.05, 3.63) is 6.20 Å². The highest BCUT2D eigenvalue weighted by atomic mass is 16.3. The number of aryl methyl sites for hydroxylation is 1. The number of aliphatic hydroxyl groups excluding tert-OH is 1. The molecule has 14 heavy (non-hydrogen) atoms. The maximum atomic E-state index is 9.35. The number of nitrogens with zero attached hydrogens (tertiary/aromatic N) is 3. The van der Waals surface area contributed by atoms with Gasteiger partial charge in [0.1, 0.15) is 5.82 Å². The summed E-state index contributed by atoms with van der Waals surface area (Å²) in [5.74, 6) is 0.950. The standard InChI is InChI=1S/C9H16N4O/c1-13-9(6-10-12-13)11-7-2-4-8(14)5-3-7/h6-8,11,14H,2-5H2,1H3. The summed E-state index contributed by atoms with van der Waals surface area (Å²) in [6.07, 6.45) is 5.45. The van der Waals surface area contributed by atoms with Crippen molar-refractivity contribution >= 4 is 5.82 Å². The molecular weight excluding hydrogens is 180 g/mol. The van der Waals surface area contributed by atoms with Gasteiger partial charge in [-0.2, -0.15) is 0 Å². The van der Waals surface area contributed by atoms with Crippen molar-refractivity contribution < 1.29 is 5.11 Å². The Hall–Kier alpha value is -1.10. The third kappa shape index (κ3) is 2.04. The Kier molecular flexibility index (Phi) is 2.67. The molecule has 0 unspecified atom stereocenters. The van der Waals surface area contributed by atoms with Crippen molar-refractivity contribution in [2.75, 3.05) is 5.32 Å². The first-order chi connectivity index (χ1) is 6.75. The fourth-order valence-electron chi connectivity index (χ4n) is 1.85. The molecule has 1 saturated carbocycles. The van der Waals surface area contributed by atoms with E-state index in [9.17, 15) is 5.11 Å². The van der Waals surface area contributed by atoms with Gasteiger partial charge in [0.25, 0.3) is 0 Å². The van der Waals surface area contributed by atoms with Gasteiger partial charge in [0, 0.05) is 13.1 Å². The number of rotatable bonds is 2. The maximum absolute atomic E-state index is 9.35. The molecule has 78 valence electrons. The second-order valence-electron chi connectivity index (χ2n) is 3.89. The molecule has 0 saturated heterocycles. The minimum absolute atomic E-state index is 0.0993. The third-order valence-electron chi connectivity index (χ3n) is 2.76. The van der Waals surface area contributed by atoms with Gasteiger partial charge in [-0.25, -0.2) is 4.68 Å². The van der Waals surface area contributed by atoms with Gasteiger partial charge in [-0.3, -0.25) is 0 Å². The molecule has 0 bridgehead atoms. The number of hydrogen-bond acceptors (Lipinski definition) is 4. The Morgan fingerprint density at radius 2 is 2.14 bits per heavy atom. The molecule has 1 fully saturated rings. The summed E-state index contributed by atoms with van der Waals surface area (Å²) in [6.45, 7) is 0. The topological polar surface area (TPSA) is 63.0 Å². The molecule has 1 aromatic rings. The SMILES string of the molecule is Cn1nncc1NC1CCC(O)CC1. The van der Waals surface area contributed by atoms with E-state index >= 15 is 0 Å². The van der Waals surface area contributed by atoms with E-state index in [2.05, 4.69) is 15.6 Å². The van der Waals surface area contributed by atoms with Crippen molar-refractivity contribution in [1.82, 2.24) is 15.0 Å². The van der Waals surface area contributed by atoms with Crippen molar-refractivity contribution in [3.8, 4) is 0 Å². The lowest BCUT2D eigenvalue weighted by Gasteiger charge is -2.26. The summed E-state index contributed by atoms with van der Waals surface area (Å²) >= 11 is 0. The lowest BCUT2D eigenvalue weighted by molar-refractivity contribution is 0.126. The van der Waals surface area contributed by atoms with Gasteiger partial charge in [-0.05, 0) is 25.7 Å². The maximum Gasteiger partial charge on any atom is 0.144 e. The zero-order chi connectivity index (χ0) is 9.97.